The molecule has 0 aromatic carbocycles. The monoisotopic (exact) mass is 350 g/mol. The van der Waals surface area contributed by atoms with Crippen molar-refractivity contribution in [3.63, 3.8) is 0 Å². The number of piperazine rings is 1. The molecule has 0 bridgehead atoms. The Labute approximate surface area is 144 Å². The number of hydrogen-bond acceptors (Lipinski definition) is 6. The number of hydrogen-bond donors (Lipinski definition) is 0. The van der Waals surface area contributed by atoms with Crippen molar-refractivity contribution in [2.45, 2.75) is 13.5 Å². The summed E-state index contributed by atoms with van der Waals surface area (Å²) in [7, 11) is 1.75. The Morgan fingerprint density at radius 2 is 2.00 bits per heavy atom. The maximum Gasteiger partial charge on any atom is 0.333 e. The minimum atomic E-state index is -0.346. The van der Waals surface area contributed by atoms with Crippen molar-refractivity contribution in [2.75, 3.05) is 31.1 Å². The molecular weight excluding hydrogens is 332 g/mol. The Hall–Kier alpha value is -2.19. The lowest BCUT2D eigenvalue weighted by Gasteiger charge is -2.35. The number of pyridine rings is 1. The predicted molar refractivity (Wildman–Crippen MR) is 91.3 cm³/mol. The van der Waals surface area contributed by atoms with Crippen molar-refractivity contribution in [1.82, 2.24) is 19.7 Å². The number of aryl methyl sites for hydroxylation is 2. The van der Waals surface area contributed by atoms with E-state index in [2.05, 4.69) is 15.0 Å². The normalized spacial score (nSPS) is 15.7. The highest BCUT2D eigenvalue weighted by Crippen LogP contribution is 2.31. The van der Waals surface area contributed by atoms with Crippen LogP contribution in [0.5, 0.6) is 0 Å². The molecule has 0 unspecified atom stereocenters. The van der Waals surface area contributed by atoms with Crippen molar-refractivity contribution in [3.8, 4) is 0 Å². The Kier molecular flexibility index (Phi) is 4.68. The van der Waals surface area contributed by atoms with Gasteiger partial charge in [0.1, 0.15) is 5.69 Å². The Morgan fingerprint density at radius 1 is 1.29 bits per heavy atom. The summed E-state index contributed by atoms with van der Waals surface area (Å²) in [6.45, 7) is 5.47. The molecule has 0 atom stereocenters. The van der Waals surface area contributed by atoms with Crippen molar-refractivity contribution >= 4 is 23.1 Å². The van der Waals surface area contributed by atoms with Crippen LogP contribution >= 0.6 is 11.6 Å². The van der Waals surface area contributed by atoms with Crippen molar-refractivity contribution in [1.29, 1.82) is 0 Å². The summed E-state index contributed by atoms with van der Waals surface area (Å²) >= 11 is 5.85. The molecule has 1 aliphatic heterocycles. The van der Waals surface area contributed by atoms with Gasteiger partial charge in [-0.15, -0.1) is 0 Å². The molecule has 0 spiro atoms. The van der Waals surface area contributed by atoms with E-state index in [1.54, 1.807) is 24.9 Å². The van der Waals surface area contributed by atoms with Crippen molar-refractivity contribution in [2.24, 2.45) is 7.05 Å². The summed E-state index contributed by atoms with van der Waals surface area (Å²) in [6.07, 6.45) is 1.65. The largest absolute Gasteiger partial charge is 0.349 e. The van der Waals surface area contributed by atoms with Crippen molar-refractivity contribution < 1.29 is 4.92 Å². The average molecular weight is 351 g/mol. The highest BCUT2D eigenvalue weighted by molar-refractivity contribution is 6.30. The van der Waals surface area contributed by atoms with Crippen LogP contribution in [-0.4, -0.2) is 50.8 Å². The standard InChI is InChI=1S/C15H19ClN6O2/c1-11-14(22(23)24)15(19(2)18-11)21-7-5-20(6-8-21)10-13-4-3-12(16)9-17-13/h3-4,9H,5-8,10H2,1-2H3. The zero-order chi connectivity index (χ0) is 17.3. The maximum absolute atomic E-state index is 11.3. The SMILES string of the molecule is Cc1nn(C)c(N2CCN(Cc3ccc(Cl)cn3)CC2)c1[N+](=O)[O-]. The van der Waals surface area contributed by atoms with Gasteiger partial charge in [0.05, 0.1) is 15.6 Å². The van der Waals surface area contributed by atoms with Gasteiger partial charge >= 0.3 is 5.69 Å². The van der Waals surface area contributed by atoms with Crippen LogP contribution in [0.3, 0.4) is 0 Å². The molecule has 3 heterocycles. The topological polar surface area (TPSA) is 80.3 Å². The fourth-order valence-electron chi connectivity index (χ4n) is 3.05. The number of nitrogens with zero attached hydrogens (tertiary/aromatic N) is 6. The highest BCUT2D eigenvalue weighted by atomic mass is 35.5. The van der Waals surface area contributed by atoms with E-state index in [-0.39, 0.29) is 10.6 Å². The van der Waals surface area contributed by atoms with E-state index in [0.717, 1.165) is 25.3 Å². The van der Waals surface area contributed by atoms with Gasteiger partial charge < -0.3 is 4.90 Å². The van der Waals surface area contributed by atoms with Crippen LogP contribution in [0.2, 0.25) is 5.02 Å². The molecule has 8 nitrogen and oxygen atoms in total. The Morgan fingerprint density at radius 3 is 2.58 bits per heavy atom. The first-order valence-electron chi connectivity index (χ1n) is 7.71. The molecule has 0 saturated carbocycles. The van der Waals surface area contributed by atoms with Crippen LogP contribution in [0, 0.1) is 17.0 Å². The van der Waals surface area contributed by atoms with E-state index in [1.165, 1.54) is 0 Å². The lowest BCUT2D eigenvalue weighted by atomic mass is 10.2. The zero-order valence-corrected chi connectivity index (χ0v) is 14.4. The molecule has 0 amide bonds. The third-order valence-electron chi connectivity index (χ3n) is 4.19. The summed E-state index contributed by atoms with van der Waals surface area (Å²) in [5.41, 5.74) is 1.52. The highest BCUT2D eigenvalue weighted by Gasteiger charge is 2.30. The first-order chi connectivity index (χ1) is 11.5. The molecule has 1 saturated heterocycles. The van der Waals surface area contributed by atoms with Gasteiger partial charge in [0.15, 0.2) is 0 Å². The molecule has 0 aliphatic carbocycles. The minimum absolute atomic E-state index is 0.102. The van der Waals surface area contributed by atoms with E-state index >= 15 is 0 Å². The molecule has 0 radical (unpaired) electrons. The second-order valence-corrected chi connectivity index (χ2v) is 6.31. The van der Waals surface area contributed by atoms with Gasteiger partial charge in [-0.25, -0.2) is 4.68 Å². The molecule has 1 aliphatic rings. The minimum Gasteiger partial charge on any atom is -0.349 e. The lowest BCUT2D eigenvalue weighted by Crippen LogP contribution is -2.46. The van der Waals surface area contributed by atoms with Gasteiger partial charge in [-0.3, -0.25) is 20.0 Å². The number of aromatic nitrogens is 3. The smallest absolute Gasteiger partial charge is 0.333 e. The molecular formula is C15H19ClN6O2. The van der Waals surface area contributed by atoms with Crippen LogP contribution in [-0.2, 0) is 13.6 Å². The molecule has 1 fully saturated rings. The van der Waals surface area contributed by atoms with Crippen LogP contribution < -0.4 is 4.90 Å². The average Bonchev–Trinajstić information content (AvgIpc) is 2.85. The third-order valence-corrected chi connectivity index (χ3v) is 4.41. The number of halogens is 1. The van der Waals surface area contributed by atoms with E-state index in [0.29, 0.717) is 29.6 Å². The van der Waals surface area contributed by atoms with E-state index in [1.807, 2.05) is 17.0 Å². The van der Waals surface area contributed by atoms with E-state index in [4.69, 9.17) is 11.6 Å². The molecule has 2 aromatic heterocycles. The summed E-state index contributed by atoms with van der Waals surface area (Å²) in [5, 5.41) is 16.2. The molecule has 0 N–H and O–H groups in total. The molecule has 24 heavy (non-hydrogen) atoms. The van der Waals surface area contributed by atoms with Crippen LogP contribution in [0.15, 0.2) is 18.3 Å². The number of anilines is 1. The van der Waals surface area contributed by atoms with Gasteiger partial charge in [0.2, 0.25) is 5.82 Å². The third kappa shape index (κ3) is 3.34. The zero-order valence-electron chi connectivity index (χ0n) is 13.6. The van der Waals surface area contributed by atoms with Crippen LogP contribution in [0.4, 0.5) is 11.5 Å². The summed E-state index contributed by atoms with van der Waals surface area (Å²) in [4.78, 5) is 19.6. The summed E-state index contributed by atoms with van der Waals surface area (Å²) in [5.74, 6) is 0.585. The second kappa shape index (κ2) is 6.74. The van der Waals surface area contributed by atoms with Crippen molar-refractivity contribution in [3.05, 3.63) is 44.9 Å². The summed E-state index contributed by atoms with van der Waals surface area (Å²) in [6, 6.07) is 3.76. The molecule has 128 valence electrons. The quantitative estimate of drug-likeness (QED) is 0.620. The summed E-state index contributed by atoms with van der Waals surface area (Å²) < 4.78 is 1.60. The van der Waals surface area contributed by atoms with E-state index < -0.39 is 0 Å². The lowest BCUT2D eigenvalue weighted by molar-refractivity contribution is -0.384. The predicted octanol–water partition coefficient (Wildman–Crippen LogP) is 2.01. The van der Waals surface area contributed by atoms with Crippen LogP contribution in [0.1, 0.15) is 11.4 Å². The second-order valence-electron chi connectivity index (χ2n) is 5.87. The van der Waals surface area contributed by atoms with Gasteiger partial charge in [-0.1, -0.05) is 11.6 Å². The van der Waals surface area contributed by atoms with Gasteiger partial charge in [-0.05, 0) is 19.1 Å². The van der Waals surface area contributed by atoms with Gasteiger partial charge in [0.25, 0.3) is 0 Å². The Balaban J connectivity index is 1.67. The first-order valence-corrected chi connectivity index (χ1v) is 8.09. The van der Waals surface area contributed by atoms with Crippen LogP contribution in [0.25, 0.3) is 0 Å². The van der Waals surface area contributed by atoms with Gasteiger partial charge in [0, 0.05) is 46.0 Å². The molecule has 2 aromatic rings. The number of rotatable bonds is 4. The maximum atomic E-state index is 11.3. The van der Waals surface area contributed by atoms with E-state index in [9.17, 15) is 10.1 Å². The first kappa shape index (κ1) is 16.7. The Bertz CT molecular complexity index is 737. The molecule has 3 rings (SSSR count). The fraction of sp³-hybridized carbons (Fsp3) is 0.467. The molecule has 9 heteroatoms. The number of nitro groups is 1. The fourth-order valence-corrected chi connectivity index (χ4v) is 3.16. The van der Waals surface area contributed by atoms with Gasteiger partial charge in [-0.2, -0.15) is 5.10 Å².